The van der Waals surface area contributed by atoms with Crippen molar-refractivity contribution in [1.29, 1.82) is 0 Å². The zero-order valence-electron chi connectivity index (χ0n) is 31.2. The number of fused-ring (bicyclic) bond motifs is 13. The van der Waals surface area contributed by atoms with Crippen LogP contribution in [0.2, 0.25) is 0 Å². The molecule has 0 radical (unpaired) electrons. The average Bonchev–Trinajstić information content (AvgIpc) is 4.03. The maximum absolute atomic E-state index is 6.63. The van der Waals surface area contributed by atoms with Gasteiger partial charge in [0.25, 0.3) is 0 Å². The molecule has 0 saturated carbocycles. The summed E-state index contributed by atoms with van der Waals surface area (Å²) >= 11 is 1.85. The van der Waals surface area contributed by atoms with E-state index in [-0.39, 0.29) is 0 Å². The lowest BCUT2D eigenvalue weighted by molar-refractivity contribution is 0.669. The van der Waals surface area contributed by atoms with Gasteiger partial charge in [0, 0.05) is 69.9 Å². The van der Waals surface area contributed by atoms with Gasteiger partial charge in [-0.2, -0.15) is 0 Å². The molecule has 0 amide bonds. The first-order valence-corrected chi connectivity index (χ1v) is 20.6. The lowest BCUT2D eigenvalue weighted by Gasteiger charge is -2.10. The molecule has 0 atom stereocenters. The number of hydrogen-bond acceptors (Lipinski definition) is 2. The van der Waals surface area contributed by atoms with E-state index in [4.69, 9.17) is 4.42 Å². The van der Waals surface area contributed by atoms with Gasteiger partial charge in [-0.05, 0) is 101 Å². The van der Waals surface area contributed by atoms with Crippen LogP contribution in [0.3, 0.4) is 0 Å². The molecule has 0 aliphatic carbocycles. The largest absolute Gasteiger partial charge is 0.456 e. The molecule has 58 heavy (non-hydrogen) atoms. The standard InChI is InChI=1S/C54H32N2OS/c1-2-10-33(11-3-1)34-18-22-37(23-19-34)55-45-15-7-4-12-39(45)43-30-35(20-26-47(43)55)36-21-27-48-44(31-36)40-13-5-8-16-46(40)56(48)38-24-25-41-50(32-38)57-49-28-29-52-54(53(41)49)42-14-6-9-17-51(42)58-52/h1-32H. The second kappa shape index (κ2) is 12.1. The van der Waals surface area contributed by atoms with E-state index in [1.165, 1.54) is 91.4 Å². The summed E-state index contributed by atoms with van der Waals surface area (Å²) in [5, 5.41) is 9.87. The molecule has 0 N–H and O–H groups in total. The Morgan fingerprint density at radius 1 is 0.310 bits per heavy atom. The SMILES string of the molecule is c1ccc(-c2ccc(-n3c4ccccc4c4cc(-c5ccc6c(c5)c5ccccc5n6-c5ccc6c(c5)oc5ccc7sc8ccccc8c7c56)ccc43)cc2)cc1. The lowest BCUT2D eigenvalue weighted by Crippen LogP contribution is -1.94. The van der Waals surface area contributed by atoms with Crippen LogP contribution in [-0.4, -0.2) is 9.13 Å². The maximum atomic E-state index is 6.63. The topological polar surface area (TPSA) is 23.0 Å². The monoisotopic (exact) mass is 756 g/mol. The molecule has 0 aliphatic heterocycles. The highest BCUT2D eigenvalue weighted by molar-refractivity contribution is 7.26. The van der Waals surface area contributed by atoms with Gasteiger partial charge in [0.15, 0.2) is 0 Å². The van der Waals surface area contributed by atoms with Gasteiger partial charge < -0.3 is 13.6 Å². The van der Waals surface area contributed by atoms with Gasteiger partial charge in [0.05, 0.1) is 22.1 Å². The minimum atomic E-state index is 0.900. The molecule has 270 valence electrons. The molecule has 4 heterocycles. The Morgan fingerprint density at radius 3 is 1.57 bits per heavy atom. The predicted octanol–water partition coefficient (Wildman–Crippen LogP) is 15.5. The first-order chi connectivity index (χ1) is 28.7. The number of aromatic nitrogens is 2. The third kappa shape index (κ3) is 4.55. The number of furan rings is 1. The van der Waals surface area contributed by atoms with Gasteiger partial charge >= 0.3 is 0 Å². The van der Waals surface area contributed by atoms with Crippen molar-refractivity contribution in [3.63, 3.8) is 0 Å². The molecule has 13 aromatic rings. The third-order valence-corrected chi connectivity index (χ3v) is 13.3. The lowest BCUT2D eigenvalue weighted by atomic mass is 10.0. The van der Waals surface area contributed by atoms with Crippen LogP contribution in [0.5, 0.6) is 0 Å². The van der Waals surface area contributed by atoms with E-state index in [1.54, 1.807) is 0 Å². The van der Waals surface area contributed by atoms with Crippen LogP contribution in [0.25, 0.3) is 119 Å². The van der Waals surface area contributed by atoms with Crippen molar-refractivity contribution >= 4 is 97.1 Å². The van der Waals surface area contributed by atoms with Crippen molar-refractivity contribution in [2.75, 3.05) is 0 Å². The van der Waals surface area contributed by atoms with E-state index in [0.29, 0.717) is 0 Å². The molecule has 0 spiro atoms. The highest BCUT2D eigenvalue weighted by Gasteiger charge is 2.19. The number of hydrogen-bond donors (Lipinski definition) is 0. The molecule has 13 rings (SSSR count). The van der Waals surface area contributed by atoms with Crippen LogP contribution in [-0.2, 0) is 0 Å². The second-order valence-corrected chi connectivity index (χ2v) is 16.4. The summed E-state index contributed by atoms with van der Waals surface area (Å²) in [6.45, 7) is 0. The number of para-hydroxylation sites is 2. The smallest absolute Gasteiger partial charge is 0.137 e. The molecule has 0 bridgehead atoms. The Hall–Kier alpha value is -7.40. The molecule has 9 aromatic carbocycles. The normalized spacial score (nSPS) is 12.1. The Balaban J connectivity index is 0.943. The predicted molar refractivity (Wildman–Crippen MR) is 246 cm³/mol. The molecule has 0 unspecified atom stereocenters. The molecule has 0 aliphatic rings. The first-order valence-electron chi connectivity index (χ1n) is 19.7. The van der Waals surface area contributed by atoms with E-state index in [9.17, 15) is 0 Å². The Bertz CT molecular complexity index is 3790. The summed E-state index contributed by atoms with van der Waals surface area (Å²) in [6, 6.07) is 70.6. The van der Waals surface area contributed by atoms with Crippen LogP contribution in [0, 0.1) is 0 Å². The van der Waals surface area contributed by atoms with Crippen LogP contribution >= 0.6 is 11.3 Å². The highest BCUT2D eigenvalue weighted by atomic mass is 32.1. The van der Waals surface area contributed by atoms with E-state index in [0.717, 1.165) is 27.9 Å². The van der Waals surface area contributed by atoms with Gasteiger partial charge in [0.2, 0.25) is 0 Å². The van der Waals surface area contributed by atoms with Gasteiger partial charge in [-0.15, -0.1) is 11.3 Å². The van der Waals surface area contributed by atoms with Gasteiger partial charge in [-0.1, -0.05) is 109 Å². The van der Waals surface area contributed by atoms with E-state index in [2.05, 4.69) is 203 Å². The fraction of sp³-hybridized carbons (Fsp3) is 0. The average molecular weight is 757 g/mol. The van der Waals surface area contributed by atoms with Crippen LogP contribution < -0.4 is 0 Å². The summed E-state index contributed by atoms with van der Waals surface area (Å²) < 4.78 is 14.0. The Kier molecular flexibility index (Phi) is 6.60. The fourth-order valence-corrected chi connectivity index (χ4v) is 10.6. The van der Waals surface area contributed by atoms with Gasteiger partial charge in [0.1, 0.15) is 11.2 Å². The zero-order valence-corrected chi connectivity index (χ0v) is 32.0. The van der Waals surface area contributed by atoms with Crippen molar-refractivity contribution in [3.8, 4) is 33.6 Å². The Morgan fingerprint density at radius 2 is 0.862 bits per heavy atom. The summed E-state index contributed by atoms with van der Waals surface area (Å²) in [6.07, 6.45) is 0. The van der Waals surface area contributed by atoms with E-state index >= 15 is 0 Å². The number of rotatable bonds is 4. The van der Waals surface area contributed by atoms with Crippen LogP contribution in [0.15, 0.2) is 199 Å². The molecule has 4 aromatic heterocycles. The Labute approximate surface area is 336 Å². The highest BCUT2D eigenvalue weighted by Crippen LogP contribution is 2.44. The summed E-state index contributed by atoms with van der Waals surface area (Å²) in [5.41, 5.74) is 13.6. The first kappa shape index (κ1) is 31.8. The fourth-order valence-electron chi connectivity index (χ4n) is 9.50. The molecule has 3 nitrogen and oxygen atoms in total. The summed E-state index contributed by atoms with van der Waals surface area (Å²) in [4.78, 5) is 0. The number of thiophene rings is 1. The number of benzene rings is 9. The van der Waals surface area contributed by atoms with Crippen molar-refractivity contribution in [1.82, 2.24) is 9.13 Å². The van der Waals surface area contributed by atoms with E-state index in [1.807, 2.05) is 11.3 Å². The van der Waals surface area contributed by atoms with E-state index < -0.39 is 0 Å². The molecule has 0 fully saturated rings. The minimum Gasteiger partial charge on any atom is -0.456 e. The number of nitrogens with zero attached hydrogens (tertiary/aromatic N) is 2. The van der Waals surface area contributed by atoms with Crippen LogP contribution in [0.4, 0.5) is 0 Å². The summed E-state index contributed by atoms with van der Waals surface area (Å²) in [5.74, 6) is 0. The molecular weight excluding hydrogens is 725 g/mol. The van der Waals surface area contributed by atoms with Crippen molar-refractivity contribution in [3.05, 3.63) is 194 Å². The van der Waals surface area contributed by atoms with Crippen molar-refractivity contribution in [2.24, 2.45) is 0 Å². The summed E-state index contributed by atoms with van der Waals surface area (Å²) in [7, 11) is 0. The van der Waals surface area contributed by atoms with Gasteiger partial charge in [-0.25, -0.2) is 0 Å². The minimum absolute atomic E-state index is 0.900. The molecule has 4 heteroatoms. The van der Waals surface area contributed by atoms with Gasteiger partial charge in [-0.3, -0.25) is 0 Å². The maximum Gasteiger partial charge on any atom is 0.137 e. The molecule has 0 saturated heterocycles. The van der Waals surface area contributed by atoms with Crippen LogP contribution in [0.1, 0.15) is 0 Å². The quantitative estimate of drug-likeness (QED) is 0.175. The molecular formula is C54H32N2OS. The van der Waals surface area contributed by atoms with Crippen molar-refractivity contribution in [2.45, 2.75) is 0 Å². The second-order valence-electron chi connectivity index (χ2n) is 15.3. The third-order valence-electron chi connectivity index (χ3n) is 12.1. The zero-order chi connectivity index (χ0) is 37.9. The van der Waals surface area contributed by atoms with Crippen molar-refractivity contribution < 1.29 is 4.42 Å².